The van der Waals surface area contributed by atoms with Gasteiger partial charge < -0.3 is 9.67 Å². The third-order valence-corrected chi connectivity index (χ3v) is 2.67. The van der Waals surface area contributed by atoms with Gasteiger partial charge in [-0.15, -0.1) is 0 Å². The van der Waals surface area contributed by atoms with E-state index in [1.54, 1.807) is 6.33 Å². The summed E-state index contributed by atoms with van der Waals surface area (Å²) in [6, 6.07) is 7.76. The summed E-state index contributed by atoms with van der Waals surface area (Å²) in [6.45, 7) is 2.64. The highest BCUT2D eigenvalue weighted by Gasteiger charge is 2.02. The fourth-order valence-corrected chi connectivity index (χ4v) is 1.71. The van der Waals surface area contributed by atoms with Crippen LogP contribution in [0.5, 0.6) is 0 Å². The Morgan fingerprint density at radius 3 is 2.88 bits per heavy atom. The molecule has 2 rings (SSSR count). The van der Waals surface area contributed by atoms with Crippen LogP contribution in [0.4, 0.5) is 0 Å². The van der Waals surface area contributed by atoms with E-state index in [0.29, 0.717) is 17.8 Å². The monoisotopic (exact) mass is 227 g/mol. The van der Waals surface area contributed by atoms with Gasteiger partial charge in [0, 0.05) is 12.7 Å². The number of aliphatic hydroxyl groups excluding tert-OH is 1. The molecule has 0 aliphatic carbocycles. The molecule has 0 atom stereocenters. The molecule has 0 amide bonds. The van der Waals surface area contributed by atoms with Gasteiger partial charge in [-0.1, -0.05) is 6.07 Å². The van der Waals surface area contributed by atoms with Crippen LogP contribution in [0, 0.1) is 18.3 Å². The number of hydrogen-bond acceptors (Lipinski definition) is 3. The Bertz CT molecular complexity index is 566. The third-order valence-electron chi connectivity index (χ3n) is 2.67. The fraction of sp³-hybridized carbons (Fsp3) is 0.231. The van der Waals surface area contributed by atoms with Crippen LogP contribution in [0.2, 0.25) is 0 Å². The van der Waals surface area contributed by atoms with E-state index in [2.05, 4.69) is 11.1 Å². The summed E-state index contributed by atoms with van der Waals surface area (Å²) in [5.41, 5.74) is 3.57. The van der Waals surface area contributed by atoms with E-state index in [-0.39, 0.29) is 6.61 Å². The lowest BCUT2D eigenvalue weighted by Crippen LogP contribution is -1.99. The van der Waals surface area contributed by atoms with Gasteiger partial charge >= 0.3 is 0 Å². The molecule has 0 fully saturated rings. The SMILES string of the molecule is Cc1cc(C#N)ccc1Cn1cnc(CO)c1. The molecule has 0 saturated heterocycles. The van der Waals surface area contributed by atoms with Gasteiger partial charge in [-0.05, 0) is 30.2 Å². The molecule has 1 aromatic carbocycles. The van der Waals surface area contributed by atoms with Crippen LogP contribution in [0.3, 0.4) is 0 Å². The summed E-state index contributed by atoms with van der Waals surface area (Å²) >= 11 is 0. The summed E-state index contributed by atoms with van der Waals surface area (Å²) in [5.74, 6) is 0. The number of aromatic nitrogens is 2. The van der Waals surface area contributed by atoms with Crippen molar-refractivity contribution in [2.75, 3.05) is 0 Å². The Hall–Kier alpha value is -2.12. The van der Waals surface area contributed by atoms with Gasteiger partial charge in [-0.3, -0.25) is 0 Å². The van der Waals surface area contributed by atoms with Gasteiger partial charge in [-0.2, -0.15) is 5.26 Å². The molecular weight excluding hydrogens is 214 g/mol. The molecule has 17 heavy (non-hydrogen) atoms. The van der Waals surface area contributed by atoms with Crippen molar-refractivity contribution in [3.8, 4) is 6.07 Å². The molecule has 86 valence electrons. The molecule has 0 aliphatic rings. The zero-order chi connectivity index (χ0) is 12.3. The highest BCUT2D eigenvalue weighted by Crippen LogP contribution is 2.12. The second-order valence-corrected chi connectivity index (χ2v) is 3.95. The van der Waals surface area contributed by atoms with E-state index < -0.39 is 0 Å². The third kappa shape index (κ3) is 2.52. The maximum atomic E-state index is 8.93. The van der Waals surface area contributed by atoms with E-state index in [0.717, 1.165) is 11.1 Å². The number of nitrogens with zero attached hydrogens (tertiary/aromatic N) is 3. The number of aliphatic hydroxyl groups is 1. The van der Waals surface area contributed by atoms with Crippen LogP contribution < -0.4 is 0 Å². The molecule has 1 heterocycles. The Kier molecular flexibility index (Phi) is 3.22. The first-order valence-corrected chi connectivity index (χ1v) is 5.34. The average molecular weight is 227 g/mol. The Labute approximate surface area is 99.8 Å². The fourth-order valence-electron chi connectivity index (χ4n) is 1.71. The van der Waals surface area contributed by atoms with Crippen molar-refractivity contribution >= 4 is 0 Å². The molecular formula is C13H13N3O. The summed E-state index contributed by atoms with van der Waals surface area (Å²) in [5, 5.41) is 17.7. The minimum Gasteiger partial charge on any atom is -0.390 e. The van der Waals surface area contributed by atoms with Crippen molar-refractivity contribution in [1.29, 1.82) is 5.26 Å². The number of hydrogen-bond donors (Lipinski definition) is 1. The number of nitriles is 1. The Balaban J connectivity index is 2.21. The topological polar surface area (TPSA) is 61.8 Å². The minimum absolute atomic E-state index is 0.0423. The smallest absolute Gasteiger partial charge is 0.0991 e. The Morgan fingerprint density at radius 1 is 1.47 bits per heavy atom. The molecule has 0 bridgehead atoms. The largest absolute Gasteiger partial charge is 0.390 e. The van der Waals surface area contributed by atoms with Crippen LogP contribution in [0.25, 0.3) is 0 Å². The molecule has 1 aromatic heterocycles. The molecule has 0 unspecified atom stereocenters. The van der Waals surface area contributed by atoms with E-state index >= 15 is 0 Å². The van der Waals surface area contributed by atoms with Gasteiger partial charge in [-0.25, -0.2) is 4.98 Å². The predicted molar refractivity (Wildman–Crippen MR) is 63.1 cm³/mol. The summed E-state index contributed by atoms with van der Waals surface area (Å²) in [6.07, 6.45) is 3.51. The number of imidazole rings is 1. The van der Waals surface area contributed by atoms with Crippen LogP contribution in [-0.2, 0) is 13.2 Å². The van der Waals surface area contributed by atoms with E-state index in [1.165, 1.54) is 0 Å². The van der Waals surface area contributed by atoms with Crippen LogP contribution in [0.1, 0.15) is 22.4 Å². The first kappa shape index (κ1) is 11.4. The molecule has 4 heteroatoms. The molecule has 2 aromatic rings. The average Bonchev–Trinajstić information content (AvgIpc) is 2.79. The normalized spacial score (nSPS) is 10.2. The van der Waals surface area contributed by atoms with Gasteiger partial charge in [0.25, 0.3) is 0 Å². The lowest BCUT2D eigenvalue weighted by Gasteiger charge is -2.06. The summed E-state index contributed by atoms with van der Waals surface area (Å²) in [4.78, 5) is 4.05. The minimum atomic E-state index is -0.0423. The standard InChI is InChI=1S/C13H13N3O/c1-10-4-11(5-14)2-3-12(10)6-16-7-13(8-17)15-9-16/h2-4,7,9,17H,6,8H2,1H3. The number of rotatable bonds is 3. The highest BCUT2D eigenvalue weighted by molar-refractivity contribution is 5.37. The first-order valence-electron chi connectivity index (χ1n) is 5.34. The number of benzene rings is 1. The van der Waals surface area contributed by atoms with E-state index in [9.17, 15) is 0 Å². The van der Waals surface area contributed by atoms with Crippen LogP contribution in [0.15, 0.2) is 30.7 Å². The lowest BCUT2D eigenvalue weighted by atomic mass is 10.1. The number of aryl methyl sites for hydroxylation is 1. The molecule has 4 nitrogen and oxygen atoms in total. The zero-order valence-electron chi connectivity index (χ0n) is 9.59. The van der Waals surface area contributed by atoms with Crippen LogP contribution >= 0.6 is 0 Å². The van der Waals surface area contributed by atoms with Crippen molar-refractivity contribution in [2.45, 2.75) is 20.1 Å². The van der Waals surface area contributed by atoms with Gasteiger partial charge in [0.15, 0.2) is 0 Å². The molecule has 0 saturated carbocycles. The van der Waals surface area contributed by atoms with Crippen molar-refractivity contribution < 1.29 is 5.11 Å². The first-order chi connectivity index (χ1) is 8.22. The maximum absolute atomic E-state index is 8.93. The van der Waals surface area contributed by atoms with Crippen LogP contribution in [-0.4, -0.2) is 14.7 Å². The molecule has 0 spiro atoms. The van der Waals surface area contributed by atoms with Crippen molar-refractivity contribution in [3.63, 3.8) is 0 Å². The summed E-state index contributed by atoms with van der Waals surface area (Å²) in [7, 11) is 0. The summed E-state index contributed by atoms with van der Waals surface area (Å²) < 4.78 is 1.92. The Morgan fingerprint density at radius 2 is 2.29 bits per heavy atom. The zero-order valence-corrected chi connectivity index (χ0v) is 9.59. The second-order valence-electron chi connectivity index (χ2n) is 3.95. The predicted octanol–water partition coefficient (Wildman–Crippen LogP) is 1.60. The highest BCUT2D eigenvalue weighted by atomic mass is 16.3. The van der Waals surface area contributed by atoms with E-state index in [4.69, 9.17) is 10.4 Å². The maximum Gasteiger partial charge on any atom is 0.0991 e. The van der Waals surface area contributed by atoms with Gasteiger partial charge in [0.1, 0.15) is 0 Å². The van der Waals surface area contributed by atoms with Crippen molar-refractivity contribution in [3.05, 3.63) is 53.1 Å². The lowest BCUT2D eigenvalue weighted by molar-refractivity contribution is 0.277. The molecule has 0 aliphatic heterocycles. The van der Waals surface area contributed by atoms with Crippen molar-refractivity contribution in [2.24, 2.45) is 0 Å². The van der Waals surface area contributed by atoms with Crippen molar-refractivity contribution in [1.82, 2.24) is 9.55 Å². The second kappa shape index (κ2) is 4.81. The van der Waals surface area contributed by atoms with Gasteiger partial charge in [0.05, 0.1) is 30.3 Å². The van der Waals surface area contributed by atoms with E-state index in [1.807, 2.05) is 35.9 Å². The molecule has 0 radical (unpaired) electrons. The quantitative estimate of drug-likeness (QED) is 0.866. The van der Waals surface area contributed by atoms with Gasteiger partial charge in [0.2, 0.25) is 0 Å². The molecule has 1 N–H and O–H groups in total.